The first kappa shape index (κ1) is 14.0. The van der Waals surface area contributed by atoms with Gasteiger partial charge in [0.15, 0.2) is 0 Å². The number of nitrogens with zero attached hydrogens (tertiary/aromatic N) is 3. The Kier molecular flexibility index (Phi) is 4.31. The van der Waals surface area contributed by atoms with Gasteiger partial charge >= 0.3 is 6.01 Å². The molecule has 2 amide bonds. The number of anilines is 1. The van der Waals surface area contributed by atoms with Crippen LogP contribution in [0, 0.1) is 0 Å². The molecule has 0 aromatic carbocycles. The lowest BCUT2D eigenvalue weighted by atomic mass is 10.4. The molecule has 2 rings (SSSR count). The molecule has 106 valence electrons. The zero-order chi connectivity index (χ0) is 14.5. The van der Waals surface area contributed by atoms with Crippen LogP contribution in [0.15, 0.2) is 17.5 Å². The fourth-order valence-electron chi connectivity index (χ4n) is 1.44. The van der Waals surface area contributed by atoms with Gasteiger partial charge in [-0.3, -0.25) is 14.9 Å². The van der Waals surface area contributed by atoms with Crippen LogP contribution in [-0.4, -0.2) is 52.6 Å². The van der Waals surface area contributed by atoms with Crippen LogP contribution in [0.4, 0.5) is 5.95 Å². The number of carbonyl (C=O) groups is 2. The van der Waals surface area contributed by atoms with Crippen molar-refractivity contribution in [1.29, 1.82) is 0 Å². The standard InChI is InChI=1S/C11H13N5O3S/c1-16(9(18)7-4-3-5-20-7)6-8(17)12-10-13-11(19-2)15-14-10/h3-5H,6H2,1-2H3,(H2,12,13,14,15,17). The topological polar surface area (TPSA) is 100 Å². The molecule has 0 unspecified atom stereocenters. The summed E-state index contributed by atoms with van der Waals surface area (Å²) in [5.74, 6) is -0.412. The van der Waals surface area contributed by atoms with Crippen molar-refractivity contribution < 1.29 is 14.3 Å². The zero-order valence-electron chi connectivity index (χ0n) is 10.9. The number of thiophene rings is 1. The predicted molar refractivity (Wildman–Crippen MR) is 72.8 cm³/mol. The van der Waals surface area contributed by atoms with Crippen LogP contribution in [0.1, 0.15) is 9.67 Å². The lowest BCUT2D eigenvalue weighted by Gasteiger charge is -2.14. The van der Waals surface area contributed by atoms with Gasteiger partial charge in [-0.2, -0.15) is 4.98 Å². The maximum absolute atomic E-state index is 11.9. The highest BCUT2D eigenvalue weighted by Crippen LogP contribution is 2.11. The van der Waals surface area contributed by atoms with Crippen LogP contribution in [0.3, 0.4) is 0 Å². The van der Waals surface area contributed by atoms with Crippen LogP contribution >= 0.6 is 11.3 Å². The van der Waals surface area contributed by atoms with E-state index in [1.54, 1.807) is 19.2 Å². The first-order valence-electron chi connectivity index (χ1n) is 5.65. The monoisotopic (exact) mass is 295 g/mol. The van der Waals surface area contributed by atoms with E-state index in [4.69, 9.17) is 4.74 Å². The van der Waals surface area contributed by atoms with E-state index in [-0.39, 0.29) is 30.3 Å². The van der Waals surface area contributed by atoms with Crippen molar-refractivity contribution in [1.82, 2.24) is 20.1 Å². The first-order valence-corrected chi connectivity index (χ1v) is 6.53. The minimum atomic E-state index is -0.379. The summed E-state index contributed by atoms with van der Waals surface area (Å²) >= 11 is 1.33. The Hall–Kier alpha value is -2.42. The SMILES string of the molecule is COc1n[nH]c(NC(=O)CN(C)C(=O)c2cccs2)n1. The molecule has 0 fully saturated rings. The first-order chi connectivity index (χ1) is 9.60. The Morgan fingerprint density at radius 2 is 2.35 bits per heavy atom. The minimum Gasteiger partial charge on any atom is -0.466 e. The molecule has 0 bridgehead atoms. The summed E-state index contributed by atoms with van der Waals surface area (Å²) in [6.07, 6.45) is 0. The van der Waals surface area contributed by atoms with Crippen molar-refractivity contribution in [2.45, 2.75) is 0 Å². The number of amides is 2. The Morgan fingerprint density at radius 1 is 1.55 bits per heavy atom. The Morgan fingerprint density at radius 3 is 2.95 bits per heavy atom. The van der Waals surface area contributed by atoms with Crippen LogP contribution in [0.5, 0.6) is 6.01 Å². The molecule has 8 nitrogen and oxygen atoms in total. The number of carbonyl (C=O) groups excluding carboxylic acids is 2. The Bertz CT molecular complexity index is 595. The third kappa shape index (κ3) is 3.32. The molecule has 0 aliphatic carbocycles. The molecule has 2 N–H and O–H groups in total. The molecule has 0 spiro atoms. The van der Waals surface area contributed by atoms with Crippen LogP contribution in [0.25, 0.3) is 0 Å². The second kappa shape index (κ2) is 6.15. The number of methoxy groups -OCH3 is 1. The van der Waals surface area contributed by atoms with E-state index in [1.165, 1.54) is 23.3 Å². The van der Waals surface area contributed by atoms with Crippen molar-refractivity contribution in [2.24, 2.45) is 0 Å². The summed E-state index contributed by atoms with van der Waals surface area (Å²) in [6, 6.07) is 3.62. The minimum absolute atomic E-state index is 0.0836. The van der Waals surface area contributed by atoms with Gasteiger partial charge in [-0.05, 0) is 11.4 Å². The molecular weight excluding hydrogens is 282 g/mol. The van der Waals surface area contributed by atoms with Crippen molar-refractivity contribution in [3.05, 3.63) is 22.4 Å². The van der Waals surface area contributed by atoms with Gasteiger partial charge < -0.3 is 9.64 Å². The summed E-state index contributed by atoms with van der Waals surface area (Å²) in [5, 5.41) is 10.5. The van der Waals surface area contributed by atoms with E-state index in [1.807, 2.05) is 5.38 Å². The molecule has 0 atom stereocenters. The third-order valence-electron chi connectivity index (χ3n) is 2.36. The molecule has 0 aliphatic heterocycles. The molecule has 9 heteroatoms. The summed E-state index contributed by atoms with van der Waals surface area (Å²) in [5.41, 5.74) is 0. The van der Waals surface area contributed by atoms with Gasteiger partial charge in [0.2, 0.25) is 11.9 Å². The predicted octanol–water partition coefficient (Wildman–Crippen LogP) is 0.585. The molecule has 0 saturated heterocycles. The number of hydrogen-bond acceptors (Lipinski definition) is 6. The highest BCUT2D eigenvalue weighted by atomic mass is 32.1. The highest BCUT2D eigenvalue weighted by molar-refractivity contribution is 7.12. The number of aromatic nitrogens is 3. The van der Waals surface area contributed by atoms with Crippen molar-refractivity contribution >= 4 is 29.1 Å². The molecule has 2 aromatic heterocycles. The molecule has 0 saturated carbocycles. The maximum Gasteiger partial charge on any atom is 0.336 e. The summed E-state index contributed by atoms with van der Waals surface area (Å²) in [4.78, 5) is 29.5. The maximum atomic E-state index is 11.9. The number of H-pyrrole nitrogens is 1. The summed E-state index contributed by atoms with van der Waals surface area (Å²) < 4.78 is 4.78. The molecule has 2 aromatic rings. The average molecular weight is 295 g/mol. The summed E-state index contributed by atoms with van der Waals surface area (Å²) in [6.45, 7) is -0.0836. The quantitative estimate of drug-likeness (QED) is 0.840. The van der Waals surface area contributed by atoms with Crippen LogP contribution < -0.4 is 10.1 Å². The van der Waals surface area contributed by atoms with Crippen molar-refractivity contribution in [3.63, 3.8) is 0 Å². The third-order valence-corrected chi connectivity index (χ3v) is 3.22. The number of rotatable bonds is 5. The normalized spacial score (nSPS) is 10.1. The molecule has 0 radical (unpaired) electrons. The summed E-state index contributed by atoms with van der Waals surface area (Å²) in [7, 11) is 2.98. The van der Waals surface area contributed by atoms with Gasteiger partial charge in [0.1, 0.15) is 0 Å². The van der Waals surface area contributed by atoms with Gasteiger partial charge in [0.05, 0.1) is 18.5 Å². The number of aromatic amines is 1. The Balaban J connectivity index is 1.89. The number of ether oxygens (including phenoxy) is 1. The van der Waals surface area contributed by atoms with Crippen molar-refractivity contribution in [2.75, 3.05) is 26.0 Å². The lowest BCUT2D eigenvalue weighted by molar-refractivity contribution is -0.116. The zero-order valence-corrected chi connectivity index (χ0v) is 11.7. The van der Waals surface area contributed by atoms with Gasteiger partial charge in [-0.25, -0.2) is 5.10 Å². The molecule has 20 heavy (non-hydrogen) atoms. The van der Waals surface area contributed by atoms with Crippen LogP contribution in [-0.2, 0) is 4.79 Å². The number of likely N-dealkylation sites (N-methyl/N-ethyl adjacent to an activating group) is 1. The average Bonchev–Trinajstić information content (AvgIpc) is 3.08. The lowest BCUT2D eigenvalue weighted by Crippen LogP contribution is -2.34. The van der Waals surface area contributed by atoms with E-state index in [2.05, 4.69) is 20.5 Å². The smallest absolute Gasteiger partial charge is 0.336 e. The fourth-order valence-corrected chi connectivity index (χ4v) is 2.16. The van der Waals surface area contributed by atoms with E-state index < -0.39 is 0 Å². The van der Waals surface area contributed by atoms with Gasteiger partial charge in [0, 0.05) is 7.05 Å². The molecule has 0 aliphatic rings. The van der Waals surface area contributed by atoms with E-state index in [0.29, 0.717) is 4.88 Å². The largest absolute Gasteiger partial charge is 0.466 e. The van der Waals surface area contributed by atoms with Gasteiger partial charge in [0.25, 0.3) is 5.91 Å². The number of hydrogen-bond donors (Lipinski definition) is 2. The van der Waals surface area contributed by atoms with Crippen molar-refractivity contribution in [3.8, 4) is 6.01 Å². The van der Waals surface area contributed by atoms with E-state index in [0.717, 1.165) is 0 Å². The molecular formula is C11H13N5O3S. The molecule has 2 heterocycles. The van der Waals surface area contributed by atoms with Gasteiger partial charge in [-0.1, -0.05) is 6.07 Å². The van der Waals surface area contributed by atoms with Gasteiger partial charge in [-0.15, -0.1) is 16.4 Å². The number of nitrogens with one attached hydrogen (secondary N) is 2. The Labute approximate surface area is 118 Å². The highest BCUT2D eigenvalue weighted by Gasteiger charge is 2.16. The van der Waals surface area contributed by atoms with E-state index in [9.17, 15) is 9.59 Å². The second-order valence-electron chi connectivity index (χ2n) is 3.86. The van der Waals surface area contributed by atoms with E-state index >= 15 is 0 Å². The fraction of sp³-hybridized carbons (Fsp3) is 0.273. The second-order valence-corrected chi connectivity index (χ2v) is 4.81. The van der Waals surface area contributed by atoms with Crippen LogP contribution in [0.2, 0.25) is 0 Å².